The van der Waals surface area contributed by atoms with Crippen LogP contribution in [-0.4, -0.2) is 15.8 Å². The molecule has 3 nitrogen and oxygen atoms in total. The first-order valence-electron chi connectivity index (χ1n) is 6.43. The van der Waals surface area contributed by atoms with E-state index in [1.54, 1.807) is 0 Å². The van der Waals surface area contributed by atoms with Gasteiger partial charge in [0.2, 0.25) is 0 Å². The van der Waals surface area contributed by atoms with Crippen LogP contribution >= 0.6 is 0 Å². The van der Waals surface area contributed by atoms with Crippen LogP contribution in [-0.2, 0) is 6.42 Å². The van der Waals surface area contributed by atoms with Crippen LogP contribution in [0, 0.1) is 5.92 Å². The molecule has 1 aliphatic carbocycles. The first-order chi connectivity index (χ1) is 7.65. The van der Waals surface area contributed by atoms with Crippen molar-refractivity contribution in [2.45, 2.75) is 58.0 Å². The molecule has 90 valence electrons. The van der Waals surface area contributed by atoms with Gasteiger partial charge in [-0.15, -0.1) is 0 Å². The lowest BCUT2D eigenvalue weighted by Crippen LogP contribution is -2.18. The molecular weight excluding hydrogens is 198 g/mol. The van der Waals surface area contributed by atoms with Crippen molar-refractivity contribution in [1.82, 2.24) is 9.78 Å². The average molecular weight is 221 g/mol. The Morgan fingerprint density at radius 3 is 3.06 bits per heavy atom. The zero-order valence-corrected chi connectivity index (χ0v) is 10.4. The second-order valence-corrected chi connectivity index (χ2v) is 5.44. The molecule has 1 saturated carbocycles. The molecule has 3 atom stereocenters. The summed E-state index contributed by atoms with van der Waals surface area (Å²) in [4.78, 5) is 0. The third-order valence-electron chi connectivity index (χ3n) is 3.50. The fourth-order valence-corrected chi connectivity index (χ4v) is 2.70. The molecule has 0 bridgehead atoms. The van der Waals surface area contributed by atoms with E-state index >= 15 is 0 Å². The third kappa shape index (κ3) is 2.85. The maximum atomic E-state index is 5.80. The van der Waals surface area contributed by atoms with Crippen LogP contribution in [0.4, 0.5) is 0 Å². The fourth-order valence-electron chi connectivity index (χ4n) is 2.70. The highest BCUT2D eigenvalue weighted by atomic mass is 15.3. The maximum absolute atomic E-state index is 5.80. The average Bonchev–Trinajstić information content (AvgIpc) is 2.65. The minimum atomic E-state index is 0.225. The van der Waals surface area contributed by atoms with Gasteiger partial charge in [0, 0.05) is 12.2 Å². The predicted octanol–water partition coefficient (Wildman–Crippen LogP) is 2.52. The topological polar surface area (TPSA) is 43.8 Å². The number of rotatable bonds is 3. The van der Waals surface area contributed by atoms with Gasteiger partial charge < -0.3 is 5.73 Å². The third-order valence-corrected chi connectivity index (χ3v) is 3.50. The summed E-state index contributed by atoms with van der Waals surface area (Å²) < 4.78 is 2.16. The van der Waals surface area contributed by atoms with E-state index in [9.17, 15) is 0 Å². The summed E-state index contributed by atoms with van der Waals surface area (Å²) in [6, 6.07) is 0.841. The number of nitrogens with two attached hydrogens (primary N) is 1. The second kappa shape index (κ2) is 5.00. The summed E-state index contributed by atoms with van der Waals surface area (Å²) in [6.45, 7) is 4.39. The molecular formula is C13H23N3. The van der Waals surface area contributed by atoms with E-state index in [1.165, 1.54) is 31.2 Å². The van der Waals surface area contributed by atoms with E-state index in [2.05, 4.69) is 22.9 Å². The molecule has 3 heteroatoms. The Morgan fingerprint density at radius 2 is 2.38 bits per heavy atom. The number of nitrogens with zero attached hydrogens (tertiary/aromatic N) is 2. The molecule has 3 unspecified atom stereocenters. The van der Waals surface area contributed by atoms with Gasteiger partial charge in [-0.1, -0.05) is 19.8 Å². The van der Waals surface area contributed by atoms with Gasteiger partial charge in [0.25, 0.3) is 0 Å². The van der Waals surface area contributed by atoms with Gasteiger partial charge in [-0.05, 0) is 37.7 Å². The molecule has 0 saturated heterocycles. The Hall–Kier alpha value is -0.830. The molecule has 0 amide bonds. The molecule has 0 aliphatic heterocycles. The Balaban J connectivity index is 2.00. The van der Waals surface area contributed by atoms with Crippen LogP contribution in [0.25, 0.3) is 0 Å². The minimum absolute atomic E-state index is 0.225. The molecule has 0 radical (unpaired) electrons. The highest BCUT2D eigenvalue weighted by molar-refractivity contribution is 5.06. The molecule has 1 aliphatic rings. The maximum Gasteiger partial charge on any atom is 0.0522 e. The largest absolute Gasteiger partial charge is 0.328 e. The number of hydrogen-bond acceptors (Lipinski definition) is 2. The van der Waals surface area contributed by atoms with E-state index in [0.29, 0.717) is 6.04 Å². The molecule has 16 heavy (non-hydrogen) atoms. The molecule has 1 aromatic rings. The molecule has 0 aromatic carbocycles. The van der Waals surface area contributed by atoms with Crippen LogP contribution in [0.15, 0.2) is 12.4 Å². The second-order valence-electron chi connectivity index (χ2n) is 5.44. The fraction of sp³-hybridized carbons (Fsp3) is 0.769. The summed E-state index contributed by atoms with van der Waals surface area (Å²) in [5.74, 6) is 0.847. The summed E-state index contributed by atoms with van der Waals surface area (Å²) in [5, 5.41) is 4.49. The first-order valence-corrected chi connectivity index (χ1v) is 6.43. The Kier molecular flexibility index (Phi) is 3.64. The highest BCUT2D eigenvalue weighted by Crippen LogP contribution is 2.31. The summed E-state index contributed by atoms with van der Waals surface area (Å²) in [6.07, 6.45) is 10.4. The quantitative estimate of drug-likeness (QED) is 0.852. The van der Waals surface area contributed by atoms with Gasteiger partial charge in [-0.3, -0.25) is 4.68 Å². The van der Waals surface area contributed by atoms with Gasteiger partial charge in [0.15, 0.2) is 0 Å². The number of aromatic nitrogens is 2. The molecule has 1 aromatic heterocycles. The number of hydrogen-bond donors (Lipinski definition) is 1. The Bertz CT molecular complexity index is 330. The summed E-state index contributed by atoms with van der Waals surface area (Å²) >= 11 is 0. The zero-order valence-electron chi connectivity index (χ0n) is 10.4. The molecule has 1 fully saturated rings. The van der Waals surface area contributed by atoms with Crippen LogP contribution in [0.5, 0.6) is 0 Å². The van der Waals surface area contributed by atoms with Crippen molar-refractivity contribution in [3.8, 4) is 0 Å². The zero-order chi connectivity index (χ0) is 11.5. The lowest BCUT2D eigenvalue weighted by Gasteiger charge is -2.26. The van der Waals surface area contributed by atoms with Gasteiger partial charge in [-0.2, -0.15) is 5.10 Å². The Labute approximate surface area is 98.0 Å². The van der Waals surface area contributed by atoms with E-state index in [1.807, 2.05) is 13.1 Å². The minimum Gasteiger partial charge on any atom is -0.328 e. The lowest BCUT2D eigenvalue weighted by atomic mass is 9.87. The van der Waals surface area contributed by atoms with Gasteiger partial charge in [-0.25, -0.2) is 0 Å². The van der Waals surface area contributed by atoms with E-state index in [0.717, 1.165) is 12.3 Å². The summed E-state index contributed by atoms with van der Waals surface area (Å²) in [5.41, 5.74) is 7.07. The standard InChI is InChI=1S/C13H23N3/c1-10-4-3-5-13(6-10)16-9-12(8-15-16)7-11(2)14/h8-11,13H,3-7,14H2,1-2H3. The van der Waals surface area contributed by atoms with Crippen molar-refractivity contribution in [1.29, 1.82) is 0 Å². The van der Waals surface area contributed by atoms with E-state index in [4.69, 9.17) is 5.73 Å². The van der Waals surface area contributed by atoms with Crippen LogP contribution in [0.1, 0.15) is 51.1 Å². The van der Waals surface area contributed by atoms with Gasteiger partial charge in [0.05, 0.1) is 12.2 Å². The predicted molar refractivity (Wildman–Crippen MR) is 66.2 cm³/mol. The molecule has 2 N–H and O–H groups in total. The van der Waals surface area contributed by atoms with Crippen molar-refractivity contribution >= 4 is 0 Å². The Morgan fingerprint density at radius 1 is 1.56 bits per heavy atom. The van der Waals surface area contributed by atoms with Crippen LogP contribution < -0.4 is 5.73 Å². The van der Waals surface area contributed by atoms with Crippen molar-refractivity contribution in [3.05, 3.63) is 18.0 Å². The lowest BCUT2D eigenvalue weighted by molar-refractivity contribution is 0.266. The molecule has 1 heterocycles. The molecule has 0 spiro atoms. The smallest absolute Gasteiger partial charge is 0.0522 e. The highest BCUT2D eigenvalue weighted by Gasteiger charge is 2.20. The monoisotopic (exact) mass is 221 g/mol. The molecule has 2 rings (SSSR count). The van der Waals surface area contributed by atoms with E-state index < -0.39 is 0 Å². The normalized spacial score (nSPS) is 27.9. The van der Waals surface area contributed by atoms with Gasteiger partial charge in [0.1, 0.15) is 0 Å². The van der Waals surface area contributed by atoms with Crippen molar-refractivity contribution < 1.29 is 0 Å². The van der Waals surface area contributed by atoms with Crippen molar-refractivity contribution in [2.24, 2.45) is 11.7 Å². The van der Waals surface area contributed by atoms with E-state index in [-0.39, 0.29) is 6.04 Å². The van der Waals surface area contributed by atoms with Crippen molar-refractivity contribution in [3.63, 3.8) is 0 Å². The first kappa shape index (κ1) is 11.6. The van der Waals surface area contributed by atoms with Crippen LogP contribution in [0.2, 0.25) is 0 Å². The SMILES string of the molecule is CC(N)Cc1cnn(C2CCCC(C)C2)c1. The van der Waals surface area contributed by atoms with Gasteiger partial charge >= 0.3 is 0 Å². The summed E-state index contributed by atoms with van der Waals surface area (Å²) in [7, 11) is 0. The van der Waals surface area contributed by atoms with Crippen molar-refractivity contribution in [2.75, 3.05) is 0 Å². The van der Waals surface area contributed by atoms with Crippen LogP contribution in [0.3, 0.4) is 0 Å².